The summed E-state index contributed by atoms with van der Waals surface area (Å²) in [5, 5.41) is 2.40. The van der Waals surface area contributed by atoms with Crippen molar-refractivity contribution >= 4 is 31.6 Å². The molecule has 1 heterocycles. The minimum absolute atomic E-state index is 0.153. The zero-order valence-electron chi connectivity index (χ0n) is 18.6. The maximum atomic E-state index is 12.6. The van der Waals surface area contributed by atoms with E-state index >= 15 is 0 Å². The van der Waals surface area contributed by atoms with Crippen LogP contribution in [-0.4, -0.2) is 71.3 Å². The van der Waals surface area contributed by atoms with Crippen LogP contribution in [0.4, 0.5) is 5.69 Å². The summed E-state index contributed by atoms with van der Waals surface area (Å²) in [6, 6.07) is 17.1. The molecule has 1 aliphatic rings. The molecule has 0 atom stereocenters. The van der Waals surface area contributed by atoms with Gasteiger partial charge in [-0.3, -0.25) is 4.79 Å². The third-order valence-corrected chi connectivity index (χ3v) is 8.45. The molecule has 0 aliphatic carbocycles. The third kappa shape index (κ3) is 7.81. The SMILES string of the molecule is Cc1cccc(N2CCN(S(=O)(=O)CC(=O)NCCS(=O)(=O)NCc3ccccc3)CC2)c1. The first kappa shape index (κ1) is 25.2. The highest BCUT2D eigenvalue weighted by molar-refractivity contribution is 7.90. The van der Waals surface area contributed by atoms with Gasteiger partial charge in [-0.25, -0.2) is 21.6 Å². The fraction of sp³-hybridized carbons (Fsp3) is 0.409. The van der Waals surface area contributed by atoms with Gasteiger partial charge in [0.15, 0.2) is 0 Å². The van der Waals surface area contributed by atoms with E-state index in [9.17, 15) is 21.6 Å². The van der Waals surface area contributed by atoms with Crippen LogP contribution in [0.25, 0.3) is 0 Å². The molecule has 33 heavy (non-hydrogen) atoms. The predicted molar refractivity (Wildman–Crippen MR) is 129 cm³/mol. The first-order chi connectivity index (χ1) is 15.6. The van der Waals surface area contributed by atoms with Gasteiger partial charge >= 0.3 is 0 Å². The van der Waals surface area contributed by atoms with E-state index < -0.39 is 31.7 Å². The Hall–Kier alpha value is -2.47. The number of anilines is 1. The van der Waals surface area contributed by atoms with Crippen LogP contribution in [0.1, 0.15) is 11.1 Å². The Labute approximate surface area is 195 Å². The number of nitrogens with zero attached hydrogens (tertiary/aromatic N) is 2. The predicted octanol–water partition coefficient (Wildman–Crippen LogP) is 0.683. The molecule has 0 radical (unpaired) electrons. The average Bonchev–Trinajstić information content (AvgIpc) is 2.78. The van der Waals surface area contributed by atoms with Gasteiger partial charge in [0.2, 0.25) is 26.0 Å². The highest BCUT2D eigenvalue weighted by Gasteiger charge is 2.29. The van der Waals surface area contributed by atoms with E-state index in [0.717, 1.165) is 16.8 Å². The summed E-state index contributed by atoms with van der Waals surface area (Å²) in [5.41, 5.74) is 3.00. The topological polar surface area (TPSA) is 116 Å². The molecule has 1 aliphatic heterocycles. The van der Waals surface area contributed by atoms with Crippen molar-refractivity contribution in [1.82, 2.24) is 14.3 Å². The van der Waals surface area contributed by atoms with Crippen LogP contribution in [-0.2, 0) is 31.4 Å². The number of aryl methyl sites for hydroxylation is 1. The van der Waals surface area contributed by atoms with Crippen molar-refractivity contribution in [2.24, 2.45) is 0 Å². The van der Waals surface area contributed by atoms with E-state index in [0.29, 0.717) is 26.2 Å². The van der Waals surface area contributed by atoms with Crippen molar-refractivity contribution in [2.75, 3.05) is 49.1 Å². The lowest BCUT2D eigenvalue weighted by molar-refractivity contribution is -0.118. The maximum Gasteiger partial charge on any atom is 0.236 e. The van der Waals surface area contributed by atoms with Crippen molar-refractivity contribution in [3.63, 3.8) is 0 Å². The van der Waals surface area contributed by atoms with Crippen molar-refractivity contribution in [2.45, 2.75) is 13.5 Å². The van der Waals surface area contributed by atoms with Crippen LogP contribution >= 0.6 is 0 Å². The molecule has 9 nitrogen and oxygen atoms in total. The van der Waals surface area contributed by atoms with E-state index in [4.69, 9.17) is 0 Å². The lowest BCUT2D eigenvalue weighted by Crippen LogP contribution is -2.50. The van der Waals surface area contributed by atoms with Crippen molar-refractivity contribution in [3.8, 4) is 0 Å². The number of hydrogen-bond acceptors (Lipinski definition) is 6. The number of carbonyl (C=O) groups is 1. The molecule has 0 spiro atoms. The fourth-order valence-electron chi connectivity index (χ4n) is 3.54. The number of benzene rings is 2. The van der Waals surface area contributed by atoms with E-state index in [1.165, 1.54) is 4.31 Å². The Kier molecular flexibility index (Phi) is 8.46. The van der Waals surface area contributed by atoms with Crippen LogP contribution < -0.4 is 14.9 Å². The summed E-state index contributed by atoms with van der Waals surface area (Å²) in [5.74, 6) is -1.75. The quantitative estimate of drug-likeness (QED) is 0.502. The number of carbonyl (C=O) groups excluding carboxylic acids is 1. The summed E-state index contributed by atoms with van der Waals surface area (Å²) in [7, 11) is -7.38. The Morgan fingerprint density at radius 3 is 2.30 bits per heavy atom. The maximum absolute atomic E-state index is 12.6. The van der Waals surface area contributed by atoms with E-state index in [2.05, 4.69) is 21.0 Å². The number of sulfonamides is 2. The molecule has 1 saturated heterocycles. The zero-order chi connectivity index (χ0) is 23.9. The van der Waals surface area contributed by atoms with Crippen molar-refractivity contribution in [3.05, 3.63) is 65.7 Å². The van der Waals surface area contributed by atoms with Crippen LogP contribution in [0.2, 0.25) is 0 Å². The number of hydrogen-bond donors (Lipinski definition) is 2. The Balaban J connectivity index is 1.41. The minimum Gasteiger partial charge on any atom is -0.369 e. The molecular formula is C22H30N4O5S2. The molecule has 0 unspecified atom stereocenters. The van der Waals surface area contributed by atoms with Crippen LogP contribution in [0.3, 0.4) is 0 Å². The Morgan fingerprint density at radius 1 is 0.939 bits per heavy atom. The molecule has 2 aromatic carbocycles. The second-order valence-corrected chi connectivity index (χ2v) is 11.9. The normalized spacial score (nSPS) is 15.4. The fourth-order valence-corrected chi connectivity index (χ4v) is 5.78. The first-order valence-electron chi connectivity index (χ1n) is 10.7. The molecule has 3 rings (SSSR count). The molecule has 0 aromatic heterocycles. The molecule has 2 aromatic rings. The number of amides is 1. The first-order valence-corrected chi connectivity index (χ1v) is 14.0. The summed E-state index contributed by atoms with van der Waals surface area (Å²) in [4.78, 5) is 14.3. The Morgan fingerprint density at radius 2 is 1.64 bits per heavy atom. The highest BCUT2D eigenvalue weighted by Crippen LogP contribution is 2.19. The van der Waals surface area contributed by atoms with Crippen LogP contribution in [0, 0.1) is 6.92 Å². The van der Waals surface area contributed by atoms with Gasteiger partial charge in [-0.15, -0.1) is 0 Å². The summed E-state index contributed by atoms with van der Waals surface area (Å²) < 4.78 is 53.2. The van der Waals surface area contributed by atoms with E-state index in [-0.39, 0.29) is 18.8 Å². The molecular weight excluding hydrogens is 464 g/mol. The van der Waals surface area contributed by atoms with E-state index in [1.54, 1.807) is 12.1 Å². The van der Waals surface area contributed by atoms with Crippen molar-refractivity contribution < 1.29 is 21.6 Å². The smallest absolute Gasteiger partial charge is 0.236 e. The summed E-state index contributed by atoms with van der Waals surface area (Å²) in [6.45, 7) is 3.65. The number of nitrogens with one attached hydrogen (secondary N) is 2. The number of piperazine rings is 1. The van der Waals surface area contributed by atoms with Gasteiger partial charge in [0.05, 0.1) is 5.75 Å². The molecule has 0 saturated carbocycles. The van der Waals surface area contributed by atoms with Crippen LogP contribution in [0.5, 0.6) is 0 Å². The standard InChI is InChI=1S/C22H30N4O5S2/c1-19-6-5-9-21(16-19)25-11-13-26(14-12-25)33(30,31)18-22(27)23-10-15-32(28,29)24-17-20-7-3-2-4-8-20/h2-9,16,24H,10-15,17-18H2,1H3,(H,23,27). The second-order valence-electron chi connectivity index (χ2n) is 7.96. The van der Waals surface area contributed by atoms with Gasteiger partial charge in [0.1, 0.15) is 5.75 Å². The molecule has 180 valence electrons. The Bertz CT molecular complexity index is 1150. The molecule has 0 bridgehead atoms. The van der Waals surface area contributed by atoms with Gasteiger partial charge < -0.3 is 10.2 Å². The van der Waals surface area contributed by atoms with Gasteiger partial charge in [0.25, 0.3) is 0 Å². The number of rotatable bonds is 10. The third-order valence-electron chi connectivity index (χ3n) is 5.34. The largest absolute Gasteiger partial charge is 0.369 e. The summed E-state index contributed by atoms with van der Waals surface area (Å²) >= 11 is 0. The zero-order valence-corrected chi connectivity index (χ0v) is 20.2. The molecule has 1 amide bonds. The van der Waals surface area contributed by atoms with Gasteiger partial charge in [-0.1, -0.05) is 42.5 Å². The highest BCUT2D eigenvalue weighted by atomic mass is 32.2. The average molecular weight is 495 g/mol. The van der Waals surface area contributed by atoms with Crippen molar-refractivity contribution in [1.29, 1.82) is 0 Å². The van der Waals surface area contributed by atoms with Gasteiger partial charge in [-0.2, -0.15) is 4.31 Å². The molecule has 1 fully saturated rings. The lowest BCUT2D eigenvalue weighted by atomic mass is 10.2. The monoisotopic (exact) mass is 494 g/mol. The molecule has 11 heteroatoms. The molecule has 2 N–H and O–H groups in total. The van der Waals surface area contributed by atoms with Gasteiger partial charge in [-0.05, 0) is 30.2 Å². The van der Waals surface area contributed by atoms with Gasteiger partial charge in [0, 0.05) is 45.0 Å². The second kappa shape index (κ2) is 11.1. The van der Waals surface area contributed by atoms with Crippen LogP contribution in [0.15, 0.2) is 54.6 Å². The summed E-state index contributed by atoms with van der Waals surface area (Å²) in [6.07, 6.45) is 0. The van der Waals surface area contributed by atoms with E-state index in [1.807, 2.05) is 43.3 Å². The minimum atomic E-state index is -3.78. The lowest BCUT2D eigenvalue weighted by Gasteiger charge is -2.35.